The molecule has 0 bridgehead atoms. The number of nitrogens with one attached hydrogen (secondary N) is 1. The molecule has 2 aromatic rings. The zero-order chi connectivity index (χ0) is 24.1. The van der Waals surface area contributed by atoms with Crippen molar-refractivity contribution in [1.29, 1.82) is 0 Å². The first-order chi connectivity index (χ1) is 16.5. The van der Waals surface area contributed by atoms with E-state index in [1.54, 1.807) is 6.07 Å². The lowest BCUT2D eigenvalue weighted by Gasteiger charge is -2.33. The van der Waals surface area contributed by atoms with Crippen LogP contribution in [0.1, 0.15) is 62.2 Å². The maximum absolute atomic E-state index is 14.0. The van der Waals surface area contributed by atoms with Crippen LogP contribution in [-0.2, 0) is 20.7 Å². The maximum Gasteiger partial charge on any atom is 0.406 e. The van der Waals surface area contributed by atoms with Gasteiger partial charge in [-0.3, -0.25) is 4.79 Å². The highest BCUT2D eigenvalue weighted by atomic mass is 32.1. The predicted octanol–water partition coefficient (Wildman–Crippen LogP) is 4.86. The molecule has 184 valence electrons. The quantitative estimate of drug-likeness (QED) is 0.509. The van der Waals surface area contributed by atoms with Gasteiger partial charge in [0.25, 0.3) is 5.91 Å². The normalized spacial score (nSPS) is 18.9. The van der Waals surface area contributed by atoms with Crippen molar-refractivity contribution in [2.45, 2.75) is 70.1 Å². The topological polar surface area (TPSA) is 80.8 Å². The minimum atomic E-state index is -0.471. The molecule has 1 saturated heterocycles. The van der Waals surface area contributed by atoms with E-state index in [1.165, 1.54) is 30.6 Å². The minimum absolute atomic E-state index is 0.0565. The molecule has 1 aromatic carbocycles. The van der Waals surface area contributed by atoms with Gasteiger partial charge in [0.15, 0.2) is 0 Å². The molecule has 1 aliphatic heterocycles. The molecule has 2 aliphatic rings. The number of hydrogen-bond acceptors (Lipinski definition) is 6. The summed E-state index contributed by atoms with van der Waals surface area (Å²) in [6.07, 6.45) is 5.20. The van der Waals surface area contributed by atoms with E-state index in [2.05, 4.69) is 10.1 Å². The van der Waals surface area contributed by atoms with Crippen LogP contribution >= 0.6 is 11.3 Å². The molecule has 34 heavy (non-hydrogen) atoms. The zero-order valence-electron chi connectivity index (χ0n) is 19.7. The van der Waals surface area contributed by atoms with Crippen molar-refractivity contribution >= 4 is 23.3 Å². The summed E-state index contributed by atoms with van der Waals surface area (Å²) < 4.78 is 24.4. The minimum Gasteiger partial charge on any atom is -0.453 e. The second-order valence-electron chi connectivity index (χ2n) is 8.87. The third kappa shape index (κ3) is 5.93. The number of ether oxygens (including phenoxy) is 2. The van der Waals surface area contributed by atoms with Crippen LogP contribution in [0.2, 0.25) is 0 Å². The molecule has 1 N–H and O–H groups in total. The van der Waals surface area contributed by atoms with Gasteiger partial charge in [-0.1, -0.05) is 12.1 Å². The molecule has 4 rings (SSSR count). The Hall–Kier alpha value is -2.52. The lowest BCUT2D eigenvalue weighted by atomic mass is 10.1. The van der Waals surface area contributed by atoms with E-state index >= 15 is 0 Å². The van der Waals surface area contributed by atoms with Gasteiger partial charge in [-0.25, -0.2) is 14.2 Å². The van der Waals surface area contributed by atoms with Crippen LogP contribution in [0.4, 0.5) is 9.18 Å². The summed E-state index contributed by atoms with van der Waals surface area (Å²) in [6, 6.07) is 6.54. The SMILES string of the molecule is COC(=O)NCCCc1nc([C@@H](C)N(C(=O)[C@H]2CCCCO2)C2CC2)sc1-c1cccc(F)c1. The highest BCUT2D eigenvalue weighted by molar-refractivity contribution is 7.15. The molecule has 2 fully saturated rings. The molecule has 0 radical (unpaired) electrons. The average molecular weight is 490 g/mol. The molecule has 9 heteroatoms. The number of methoxy groups -OCH3 is 1. The van der Waals surface area contributed by atoms with Crippen LogP contribution < -0.4 is 5.32 Å². The van der Waals surface area contributed by atoms with Gasteiger partial charge in [-0.2, -0.15) is 0 Å². The number of thiazole rings is 1. The molecule has 1 aliphatic carbocycles. The summed E-state index contributed by atoms with van der Waals surface area (Å²) >= 11 is 1.51. The van der Waals surface area contributed by atoms with E-state index in [-0.39, 0.29) is 29.9 Å². The van der Waals surface area contributed by atoms with Gasteiger partial charge in [-0.05, 0) is 69.6 Å². The van der Waals surface area contributed by atoms with E-state index in [9.17, 15) is 14.0 Å². The largest absolute Gasteiger partial charge is 0.453 e. The monoisotopic (exact) mass is 489 g/mol. The first-order valence-corrected chi connectivity index (χ1v) is 12.8. The predicted molar refractivity (Wildman–Crippen MR) is 128 cm³/mol. The Morgan fingerprint density at radius 1 is 1.32 bits per heavy atom. The summed E-state index contributed by atoms with van der Waals surface area (Å²) in [5.41, 5.74) is 1.62. The maximum atomic E-state index is 14.0. The first kappa shape index (κ1) is 24.6. The van der Waals surface area contributed by atoms with E-state index < -0.39 is 6.09 Å². The van der Waals surface area contributed by atoms with Gasteiger partial charge in [0.2, 0.25) is 0 Å². The smallest absolute Gasteiger partial charge is 0.406 e. The third-order valence-corrected chi connectivity index (χ3v) is 7.59. The lowest BCUT2D eigenvalue weighted by molar-refractivity contribution is -0.149. The Labute approximate surface area is 203 Å². The molecular formula is C25H32FN3O4S. The van der Waals surface area contributed by atoms with Gasteiger partial charge in [0, 0.05) is 19.2 Å². The van der Waals surface area contributed by atoms with E-state index in [4.69, 9.17) is 9.72 Å². The molecule has 0 unspecified atom stereocenters. The van der Waals surface area contributed by atoms with Crippen LogP contribution in [-0.4, -0.2) is 54.3 Å². The number of alkyl carbamates (subject to hydrolysis) is 1. The summed E-state index contributed by atoms with van der Waals surface area (Å²) in [5.74, 6) is -0.246. The number of aromatic nitrogens is 1. The van der Waals surface area contributed by atoms with Crippen molar-refractivity contribution < 1.29 is 23.5 Å². The standard InChI is InChI=1S/C25H32FN3O4S/c1-16(29(19-11-12-19)24(30)21-10-3-4-14-33-21)23-28-20(9-6-13-27-25(31)32-2)22(34-23)17-7-5-8-18(26)15-17/h5,7-8,15-16,19,21H,3-4,6,9-14H2,1-2H3,(H,27,31)/t16-,21-/m1/s1. The van der Waals surface area contributed by atoms with Crippen LogP contribution in [0.25, 0.3) is 10.4 Å². The van der Waals surface area contributed by atoms with Crippen molar-refractivity contribution in [3.8, 4) is 10.4 Å². The first-order valence-electron chi connectivity index (χ1n) is 12.0. The van der Waals surface area contributed by atoms with Crippen molar-refractivity contribution in [1.82, 2.24) is 15.2 Å². The Morgan fingerprint density at radius 2 is 2.15 bits per heavy atom. The molecule has 7 nitrogen and oxygen atoms in total. The lowest BCUT2D eigenvalue weighted by Crippen LogP contribution is -2.44. The highest BCUT2D eigenvalue weighted by Crippen LogP contribution is 2.40. The number of amides is 2. The second-order valence-corrected chi connectivity index (χ2v) is 9.90. The molecule has 1 aromatic heterocycles. The number of halogens is 1. The molecular weight excluding hydrogens is 457 g/mol. The Kier molecular flexibility index (Phi) is 8.15. The van der Waals surface area contributed by atoms with Crippen molar-refractivity contribution in [3.63, 3.8) is 0 Å². The Morgan fingerprint density at radius 3 is 2.82 bits per heavy atom. The fourth-order valence-corrected chi connectivity index (χ4v) is 5.51. The summed E-state index contributed by atoms with van der Waals surface area (Å²) in [7, 11) is 1.33. The van der Waals surface area contributed by atoms with Gasteiger partial charge < -0.3 is 19.7 Å². The Bertz CT molecular complexity index is 1000. The average Bonchev–Trinajstić information content (AvgIpc) is 3.59. The van der Waals surface area contributed by atoms with Gasteiger partial charge in [0.05, 0.1) is 23.7 Å². The molecule has 2 heterocycles. The van der Waals surface area contributed by atoms with Crippen LogP contribution in [0.3, 0.4) is 0 Å². The van der Waals surface area contributed by atoms with E-state index in [1.807, 2.05) is 17.9 Å². The van der Waals surface area contributed by atoms with Gasteiger partial charge >= 0.3 is 6.09 Å². The number of hydrogen-bond donors (Lipinski definition) is 1. The Balaban J connectivity index is 1.57. The van der Waals surface area contributed by atoms with Crippen LogP contribution in [0, 0.1) is 5.82 Å². The molecule has 2 amide bonds. The number of carbonyl (C=O) groups excluding carboxylic acids is 2. The number of benzene rings is 1. The van der Waals surface area contributed by atoms with Gasteiger partial charge in [0.1, 0.15) is 16.9 Å². The van der Waals surface area contributed by atoms with Crippen LogP contribution in [0.15, 0.2) is 24.3 Å². The number of aryl methyl sites for hydroxylation is 1. The number of rotatable bonds is 9. The highest BCUT2D eigenvalue weighted by Gasteiger charge is 2.41. The van der Waals surface area contributed by atoms with Crippen LogP contribution in [0.5, 0.6) is 0 Å². The summed E-state index contributed by atoms with van der Waals surface area (Å²) in [5, 5.41) is 3.52. The summed E-state index contributed by atoms with van der Waals surface area (Å²) in [6.45, 7) is 3.10. The fraction of sp³-hybridized carbons (Fsp3) is 0.560. The van der Waals surface area contributed by atoms with Crippen molar-refractivity contribution in [3.05, 3.63) is 40.8 Å². The molecule has 2 atom stereocenters. The third-order valence-electron chi connectivity index (χ3n) is 6.27. The fourth-order valence-electron chi connectivity index (χ4n) is 4.35. The van der Waals surface area contributed by atoms with Crippen molar-refractivity contribution in [2.75, 3.05) is 20.3 Å². The second kappa shape index (κ2) is 11.3. The molecule has 1 saturated carbocycles. The molecule has 0 spiro atoms. The van der Waals surface area contributed by atoms with Gasteiger partial charge in [-0.15, -0.1) is 11.3 Å². The number of carbonyl (C=O) groups is 2. The zero-order valence-corrected chi connectivity index (χ0v) is 20.5. The summed E-state index contributed by atoms with van der Waals surface area (Å²) in [4.78, 5) is 32.5. The number of nitrogens with zero attached hydrogens (tertiary/aromatic N) is 2. The van der Waals surface area contributed by atoms with Crippen molar-refractivity contribution in [2.24, 2.45) is 0 Å². The van der Waals surface area contributed by atoms with E-state index in [0.29, 0.717) is 26.0 Å². The van der Waals surface area contributed by atoms with E-state index in [0.717, 1.165) is 53.2 Å².